The monoisotopic (exact) mass is 304 g/mol. The molecule has 0 aliphatic rings. The number of rotatable bonds is 2. The van der Waals surface area contributed by atoms with Crippen LogP contribution in [0, 0.1) is 12.7 Å². The summed E-state index contributed by atoms with van der Waals surface area (Å²) in [5.41, 5.74) is -2.85. The normalized spacial score (nSPS) is 11.1. The van der Waals surface area contributed by atoms with Gasteiger partial charge in [0.2, 0.25) is 0 Å². The lowest BCUT2D eigenvalue weighted by Crippen LogP contribution is -2.40. The van der Waals surface area contributed by atoms with Crippen LogP contribution in [0.1, 0.15) is 12.2 Å². The summed E-state index contributed by atoms with van der Waals surface area (Å²) in [6.07, 6.45) is 0. The molecule has 4 nitrogen and oxygen atoms in total. The second kappa shape index (κ2) is 5.16. The van der Waals surface area contributed by atoms with E-state index in [9.17, 15) is 22.8 Å². The van der Waals surface area contributed by atoms with Crippen LogP contribution >= 0.6 is 11.6 Å². The van der Waals surface area contributed by atoms with Gasteiger partial charge in [-0.25, -0.2) is 18.3 Å². The van der Waals surface area contributed by atoms with Crippen LogP contribution in [0.25, 0.3) is 5.69 Å². The Kier molecular flexibility index (Phi) is 3.71. The first-order chi connectivity index (χ1) is 9.32. The van der Waals surface area contributed by atoms with Crippen LogP contribution in [0.2, 0.25) is 5.02 Å². The van der Waals surface area contributed by atoms with E-state index in [1.165, 1.54) is 13.0 Å². The number of halogens is 4. The van der Waals surface area contributed by atoms with Gasteiger partial charge in [-0.3, -0.25) is 4.79 Å². The summed E-state index contributed by atoms with van der Waals surface area (Å²) in [7, 11) is 0. The minimum atomic E-state index is -3.13. The van der Waals surface area contributed by atoms with Crippen LogP contribution in [0.4, 0.5) is 13.2 Å². The first-order valence-electron chi connectivity index (χ1n) is 5.41. The van der Waals surface area contributed by atoms with Gasteiger partial charge in [0.05, 0.1) is 5.69 Å². The maximum atomic E-state index is 13.7. The largest absolute Gasteiger partial charge is 0.340 e. The summed E-state index contributed by atoms with van der Waals surface area (Å²) in [6.45, 7) is -1.94. The number of alkyl halides is 2. The highest BCUT2D eigenvalue weighted by Gasteiger charge is 2.18. The molecule has 0 amide bonds. The molecule has 0 saturated carbocycles. The smallest absolute Gasteiger partial charge is 0.269 e. The van der Waals surface area contributed by atoms with Crippen molar-refractivity contribution in [3.05, 3.63) is 61.6 Å². The van der Waals surface area contributed by atoms with Crippen LogP contribution in [-0.2, 0) is 0 Å². The van der Waals surface area contributed by atoms with E-state index in [0.29, 0.717) is 4.57 Å². The molecular formula is C12H8ClF3N2O2. The molecule has 1 aromatic carbocycles. The third-order valence-corrected chi connectivity index (χ3v) is 2.91. The van der Waals surface area contributed by atoms with E-state index >= 15 is 0 Å². The number of hydrogen-bond acceptors (Lipinski definition) is 2. The number of aryl methyl sites for hydroxylation is 1. The van der Waals surface area contributed by atoms with E-state index in [2.05, 4.69) is 0 Å². The Balaban J connectivity index is 2.85. The molecule has 2 aromatic rings. The minimum absolute atomic E-state index is 0.0561. The van der Waals surface area contributed by atoms with E-state index in [1.807, 2.05) is 0 Å². The zero-order valence-corrected chi connectivity index (χ0v) is 10.9. The zero-order chi connectivity index (χ0) is 15.0. The van der Waals surface area contributed by atoms with Gasteiger partial charge >= 0.3 is 12.2 Å². The Morgan fingerprint density at radius 3 is 2.40 bits per heavy atom. The number of nitrogens with zero attached hydrogens (tertiary/aromatic N) is 2. The summed E-state index contributed by atoms with van der Waals surface area (Å²) in [5, 5.41) is 0.0561. The molecule has 20 heavy (non-hydrogen) atoms. The lowest BCUT2D eigenvalue weighted by molar-refractivity contribution is 0.0615. The zero-order valence-electron chi connectivity index (χ0n) is 10.1. The molecule has 0 unspecified atom stereocenters. The SMILES string of the molecule is Cc1cc(=O)n(-c2ccc(Cl)cc2F)c(=O)n1C(F)F. The van der Waals surface area contributed by atoms with Crippen molar-refractivity contribution in [3.63, 3.8) is 0 Å². The summed E-state index contributed by atoms with van der Waals surface area (Å²) in [6, 6.07) is 4.04. The van der Waals surface area contributed by atoms with Crippen molar-refractivity contribution >= 4 is 11.6 Å². The van der Waals surface area contributed by atoms with Gasteiger partial charge < -0.3 is 0 Å². The number of aromatic nitrogens is 2. The molecular weight excluding hydrogens is 297 g/mol. The second-order valence-corrected chi connectivity index (χ2v) is 4.42. The Morgan fingerprint density at radius 1 is 1.20 bits per heavy atom. The molecule has 0 saturated heterocycles. The lowest BCUT2D eigenvalue weighted by atomic mass is 10.3. The predicted molar refractivity (Wildman–Crippen MR) is 67.3 cm³/mol. The van der Waals surface area contributed by atoms with Crippen LogP contribution in [0.3, 0.4) is 0 Å². The van der Waals surface area contributed by atoms with E-state index in [-0.39, 0.29) is 15.3 Å². The summed E-state index contributed by atoms with van der Waals surface area (Å²) in [4.78, 5) is 23.7. The van der Waals surface area contributed by atoms with Gasteiger partial charge in [0.25, 0.3) is 5.56 Å². The van der Waals surface area contributed by atoms with Crippen molar-refractivity contribution in [1.82, 2.24) is 9.13 Å². The fourth-order valence-electron chi connectivity index (χ4n) is 1.79. The minimum Gasteiger partial charge on any atom is -0.269 e. The third kappa shape index (κ3) is 2.36. The van der Waals surface area contributed by atoms with Gasteiger partial charge in [-0.1, -0.05) is 11.6 Å². The molecule has 0 atom stereocenters. The fourth-order valence-corrected chi connectivity index (χ4v) is 1.95. The van der Waals surface area contributed by atoms with E-state index < -0.39 is 29.3 Å². The standard InChI is InChI=1S/C12H8ClF3N2O2/c1-6-4-10(19)18(12(20)17(6)11(15)16)9-3-2-7(13)5-8(9)14/h2-5,11H,1H3. The summed E-state index contributed by atoms with van der Waals surface area (Å²) in [5.74, 6) is -0.957. The topological polar surface area (TPSA) is 44.0 Å². The molecule has 0 bridgehead atoms. The van der Waals surface area contributed by atoms with Gasteiger partial charge in [0.15, 0.2) is 0 Å². The molecule has 1 heterocycles. The maximum absolute atomic E-state index is 13.7. The van der Waals surface area contributed by atoms with Gasteiger partial charge in [0, 0.05) is 16.8 Å². The van der Waals surface area contributed by atoms with Crippen molar-refractivity contribution < 1.29 is 13.2 Å². The molecule has 0 N–H and O–H groups in total. The molecule has 0 aliphatic carbocycles. The van der Waals surface area contributed by atoms with Crippen LogP contribution < -0.4 is 11.2 Å². The highest BCUT2D eigenvalue weighted by Crippen LogP contribution is 2.17. The average Bonchev–Trinajstić information content (AvgIpc) is 2.30. The van der Waals surface area contributed by atoms with Gasteiger partial charge in [-0.2, -0.15) is 8.78 Å². The molecule has 0 spiro atoms. The molecule has 106 valence electrons. The first-order valence-corrected chi connectivity index (χ1v) is 5.79. The highest BCUT2D eigenvalue weighted by molar-refractivity contribution is 6.30. The molecule has 1 aromatic heterocycles. The molecule has 8 heteroatoms. The molecule has 0 radical (unpaired) electrons. The third-order valence-electron chi connectivity index (χ3n) is 2.68. The molecule has 2 rings (SSSR count). The Labute approximate surface area is 115 Å². The molecule has 0 aliphatic heterocycles. The number of hydrogen-bond donors (Lipinski definition) is 0. The average molecular weight is 305 g/mol. The van der Waals surface area contributed by atoms with Crippen molar-refractivity contribution in [2.45, 2.75) is 13.5 Å². The van der Waals surface area contributed by atoms with Crippen molar-refractivity contribution in [1.29, 1.82) is 0 Å². The van der Waals surface area contributed by atoms with Gasteiger partial charge in [-0.15, -0.1) is 0 Å². The van der Waals surface area contributed by atoms with Crippen LogP contribution in [0.15, 0.2) is 33.9 Å². The highest BCUT2D eigenvalue weighted by atomic mass is 35.5. The lowest BCUT2D eigenvalue weighted by Gasteiger charge is -2.12. The van der Waals surface area contributed by atoms with Crippen molar-refractivity contribution in [2.24, 2.45) is 0 Å². The molecule has 0 fully saturated rings. The Hall–Kier alpha value is -2.02. The van der Waals surface area contributed by atoms with Crippen molar-refractivity contribution in [3.8, 4) is 5.69 Å². The summed E-state index contributed by atoms with van der Waals surface area (Å²) < 4.78 is 39.8. The quantitative estimate of drug-likeness (QED) is 0.855. The van der Waals surface area contributed by atoms with Gasteiger partial charge in [0.1, 0.15) is 5.82 Å². The van der Waals surface area contributed by atoms with Gasteiger partial charge in [-0.05, 0) is 25.1 Å². The summed E-state index contributed by atoms with van der Waals surface area (Å²) >= 11 is 5.56. The van der Waals surface area contributed by atoms with Crippen molar-refractivity contribution in [2.75, 3.05) is 0 Å². The van der Waals surface area contributed by atoms with Crippen LogP contribution in [-0.4, -0.2) is 9.13 Å². The van der Waals surface area contributed by atoms with E-state index in [1.54, 1.807) is 0 Å². The number of benzene rings is 1. The first kappa shape index (κ1) is 14.4. The van der Waals surface area contributed by atoms with E-state index in [4.69, 9.17) is 11.6 Å². The van der Waals surface area contributed by atoms with Crippen LogP contribution in [0.5, 0.6) is 0 Å². The fraction of sp³-hybridized carbons (Fsp3) is 0.167. The Morgan fingerprint density at radius 2 is 1.85 bits per heavy atom. The predicted octanol–water partition coefficient (Wildman–Crippen LogP) is 2.50. The Bertz CT molecular complexity index is 783. The second-order valence-electron chi connectivity index (χ2n) is 3.99. The maximum Gasteiger partial charge on any atom is 0.340 e. The van der Waals surface area contributed by atoms with E-state index in [0.717, 1.165) is 18.2 Å².